The van der Waals surface area contributed by atoms with E-state index in [9.17, 15) is 0 Å². The molecule has 6 heteroatoms. The average Bonchev–Trinajstić information content (AvgIpc) is 2.08. The maximum atomic E-state index is 8.94. The van der Waals surface area contributed by atoms with Gasteiger partial charge in [0.1, 0.15) is 24.4 Å². The van der Waals surface area contributed by atoms with Crippen LogP contribution in [0.2, 0.25) is 0 Å². The van der Waals surface area contributed by atoms with Gasteiger partial charge >= 0.3 is 0 Å². The molecule has 0 saturated carbocycles. The second-order valence-corrected chi connectivity index (χ2v) is 2.64. The molecular formula is C6H10O6. The van der Waals surface area contributed by atoms with E-state index in [4.69, 9.17) is 30.6 Å². The van der Waals surface area contributed by atoms with Crippen LogP contribution in [0.4, 0.5) is 0 Å². The molecule has 0 bridgehead atoms. The third-order valence-electron chi connectivity index (χ3n) is 1.82. The molecule has 0 saturated heterocycles. The predicted octanol–water partition coefficient (Wildman–Crippen LogP) is -2.23. The summed E-state index contributed by atoms with van der Waals surface area (Å²) in [6.07, 6.45) is -6.92. The zero-order valence-electron chi connectivity index (χ0n) is 5.99. The standard InChI is InChI=1S/C6H10O6/c7-1-2(8)4(10)6(12)5(11)3(1)9/h1-4,7-12H/t1-,2?,3?,4?/m1/s1. The Kier molecular flexibility index (Phi) is 2.25. The molecule has 1 aliphatic rings. The molecule has 0 radical (unpaired) electrons. The molecule has 0 fully saturated rings. The molecule has 0 heterocycles. The normalized spacial score (nSPS) is 43.3. The molecule has 0 amide bonds. The molecule has 4 atom stereocenters. The Bertz CT molecular complexity index is 190. The summed E-state index contributed by atoms with van der Waals surface area (Å²) in [5.41, 5.74) is 0. The van der Waals surface area contributed by atoms with E-state index in [1.54, 1.807) is 0 Å². The average molecular weight is 178 g/mol. The smallest absolute Gasteiger partial charge is 0.164 e. The summed E-state index contributed by atoms with van der Waals surface area (Å²) in [7, 11) is 0. The van der Waals surface area contributed by atoms with Gasteiger partial charge in [-0.05, 0) is 0 Å². The zero-order valence-corrected chi connectivity index (χ0v) is 5.99. The largest absolute Gasteiger partial charge is 0.506 e. The molecule has 6 nitrogen and oxygen atoms in total. The van der Waals surface area contributed by atoms with Gasteiger partial charge in [-0.1, -0.05) is 0 Å². The van der Waals surface area contributed by atoms with Crippen LogP contribution >= 0.6 is 0 Å². The van der Waals surface area contributed by atoms with Gasteiger partial charge in [0.15, 0.2) is 11.5 Å². The van der Waals surface area contributed by atoms with E-state index in [0.29, 0.717) is 0 Å². The van der Waals surface area contributed by atoms with Gasteiger partial charge in [-0.25, -0.2) is 0 Å². The van der Waals surface area contributed by atoms with Gasteiger partial charge in [0.2, 0.25) is 0 Å². The minimum Gasteiger partial charge on any atom is -0.506 e. The number of aliphatic hydroxyl groups is 6. The summed E-state index contributed by atoms with van der Waals surface area (Å²) in [6.45, 7) is 0. The summed E-state index contributed by atoms with van der Waals surface area (Å²) in [5.74, 6) is -1.83. The first kappa shape index (κ1) is 9.27. The summed E-state index contributed by atoms with van der Waals surface area (Å²) >= 11 is 0. The lowest BCUT2D eigenvalue weighted by Crippen LogP contribution is -2.50. The van der Waals surface area contributed by atoms with Crippen molar-refractivity contribution in [3.63, 3.8) is 0 Å². The lowest BCUT2D eigenvalue weighted by molar-refractivity contribution is -0.120. The molecule has 0 aromatic heterocycles. The van der Waals surface area contributed by atoms with E-state index < -0.39 is 35.9 Å². The fourth-order valence-corrected chi connectivity index (χ4v) is 1.00. The van der Waals surface area contributed by atoms with Gasteiger partial charge in [0.25, 0.3) is 0 Å². The molecule has 1 aliphatic carbocycles. The first-order valence-electron chi connectivity index (χ1n) is 3.31. The van der Waals surface area contributed by atoms with Crippen molar-refractivity contribution in [3.05, 3.63) is 11.5 Å². The van der Waals surface area contributed by atoms with Gasteiger partial charge in [0, 0.05) is 0 Å². The molecule has 0 aliphatic heterocycles. The van der Waals surface area contributed by atoms with Crippen molar-refractivity contribution < 1.29 is 30.6 Å². The van der Waals surface area contributed by atoms with Crippen LogP contribution in [0.3, 0.4) is 0 Å². The van der Waals surface area contributed by atoms with Crippen LogP contribution < -0.4 is 0 Å². The fourth-order valence-electron chi connectivity index (χ4n) is 1.00. The Hall–Kier alpha value is -0.820. The van der Waals surface area contributed by atoms with Crippen molar-refractivity contribution in [3.8, 4) is 0 Å². The van der Waals surface area contributed by atoms with Gasteiger partial charge in [-0.15, -0.1) is 0 Å². The van der Waals surface area contributed by atoms with Crippen LogP contribution in [-0.2, 0) is 0 Å². The molecule has 1 rings (SSSR count). The minimum absolute atomic E-state index is 0.916. The Labute approximate surface area is 67.6 Å². The third-order valence-corrected chi connectivity index (χ3v) is 1.82. The van der Waals surface area contributed by atoms with Crippen molar-refractivity contribution in [2.75, 3.05) is 0 Å². The summed E-state index contributed by atoms with van der Waals surface area (Å²) < 4.78 is 0. The first-order chi connectivity index (χ1) is 5.46. The summed E-state index contributed by atoms with van der Waals surface area (Å²) in [5, 5.41) is 53.4. The summed E-state index contributed by atoms with van der Waals surface area (Å²) in [6, 6.07) is 0. The van der Waals surface area contributed by atoms with Crippen molar-refractivity contribution in [1.82, 2.24) is 0 Å². The molecule has 0 aromatic rings. The van der Waals surface area contributed by atoms with Crippen LogP contribution in [0.15, 0.2) is 11.5 Å². The molecule has 6 N–H and O–H groups in total. The molecule has 70 valence electrons. The highest BCUT2D eigenvalue weighted by molar-refractivity contribution is 5.18. The van der Waals surface area contributed by atoms with E-state index in [2.05, 4.69) is 0 Å². The Morgan fingerprint density at radius 2 is 0.917 bits per heavy atom. The number of hydrogen-bond acceptors (Lipinski definition) is 6. The summed E-state index contributed by atoms with van der Waals surface area (Å²) in [4.78, 5) is 0. The van der Waals surface area contributed by atoms with Gasteiger partial charge in [-0.3, -0.25) is 0 Å². The van der Waals surface area contributed by atoms with E-state index in [-0.39, 0.29) is 0 Å². The van der Waals surface area contributed by atoms with Crippen molar-refractivity contribution in [2.24, 2.45) is 0 Å². The van der Waals surface area contributed by atoms with E-state index >= 15 is 0 Å². The number of hydrogen-bond donors (Lipinski definition) is 6. The second-order valence-electron chi connectivity index (χ2n) is 2.64. The van der Waals surface area contributed by atoms with E-state index in [0.717, 1.165) is 0 Å². The molecule has 0 aromatic carbocycles. The maximum Gasteiger partial charge on any atom is 0.164 e. The van der Waals surface area contributed by atoms with Crippen molar-refractivity contribution in [2.45, 2.75) is 24.4 Å². The van der Waals surface area contributed by atoms with Crippen LogP contribution in [0.25, 0.3) is 0 Å². The minimum atomic E-state index is -1.76. The lowest BCUT2D eigenvalue weighted by atomic mass is 9.93. The van der Waals surface area contributed by atoms with Gasteiger partial charge < -0.3 is 30.6 Å². The molecule has 12 heavy (non-hydrogen) atoms. The van der Waals surface area contributed by atoms with Crippen LogP contribution in [-0.4, -0.2) is 55.1 Å². The fraction of sp³-hybridized carbons (Fsp3) is 0.667. The topological polar surface area (TPSA) is 121 Å². The zero-order chi connectivity index (χ0) is 9.46. The number of rotatable bonds is 0. The Balaban J connectivity index is 3.00. The van der Waals surface area contributed by atoms with Crippen LogP contribution in [0.5, 0.6) is 0 Å². The lowest BCUT2D eigenvalue weighted by Gasteiger charge is -2.31. The van der Waals surface area contributed by atoms with Gasteiger partial charge in [-0.2, -0.15) is 0 Å². The van der Waals surface area contributed by atoms with Gasteiger partial charge in [0.05, 0.1) is 0 Å². The van der Waals surface area contributed by atoms with E-state index in [1.165, 1.54) is 0 Å². The highest BCUT2D eigenvalue weighted by atomic mass is 16.4. The highest BCUT2D eigenvalue weighted by Crippen LogP contribution is 2.22. The Morgan fingerprint density at radius 1 is 0.667 bits per heavy atom. The number of aliphatic hydroxyl groups excluding tert-OH is 6. The molecular weight excluding hydrogens is 168 g/mol. The van der Waals surface area contributed by atoms with Crippen molar-refractivity contribution in [1.29, 1.82) is 0 Å². The van der Waals surface area contributed by atoms with Crippen LogP contribution in [0, 0.1) is 0 Å². The first-order valence-corrected chi connectivity index (χ1v) is 3.31. The van der Waals surface area contributed by atoms with Crippen molar-refractivity contribution >= 4 is 0 Å². The molecule has 3 unspecified atom stereocenters. The molecule has 0 spiro atoms. The monoisotopic (exact) mass is 178 g/mol. The maximum absolute atomic E-state index is 8.94. The second kappa shape index (κ2) is 2.91. The highest BCUT2D eigenvalue weighted by Gasteiger charge is 2.41. The Morgan fingerprint density at radius 3 is 1.17 bits per heavy atom. The quantitative estimate of drug-likeness (QED) is 0.250. The van der Waals surface area contributed by atoms with E-state index in [1.807, 2.05) is 0 Å². The third kappa shape index (κ3) is 1.14. The predicted molar refractivity (Wildman–Crippen MR) is 36.3 cm³/mol. The SMILES string of the molecule is OC1=C(O)C(O)[C@H](O)C(O)C1O. The van der Waals surface area contributed by atoms with Crippen LogP contribution in [0.1, 0.15) is 0 Å².